The third-order valence-electron chi connectivity index (χ3n) is 3.76. The zero-order valence-corrected chi connectivity index (χ0v) is 13.6. The van der Waals surface area contributed by atoms with E-state index in [1.165, 1.54) is 12.1 Å². The molecular formula is C17H16F3N3O2. The van der Waals surface area contributed by atoms with Gasteiger partial charge < -0.3 is 15.8 Å². The van der Waals surface area contributed by atoms with E-state index in [4.69, 9.17) is 10.5 Å². The van der Waals surface area contributed by atoms with E-state index in [9.17, 15) is 23.2 Å². The molecule has 0 aliphatic carbocycles. The van der Waals surface area contributed by atoms with Gasteiger partial charge >= 0.3 is 12.1 Å². The predicted molar refractivity (Wildman–Crippen MR) is 83.5 cm³/mol. The van der Waals surface area contributed by atoms with Crippen LogP contribution in [0.2, 0.25) is 0 Å². The number of benzene rings is 1. The molecule has 0 bridgehead atoms. The lowest BCUT2D eigenvalue weighted by molar-refractivity contribution is -0.139. The van der Waals surface area contributed by atoms with Gasteiger partial charge in [0, 0.05) is 5.70 Å². The van der Waals surface area contributed by atoms with Gasteiger partial charge in [-0.3, -0.25) is 0 Å². The fourth-order valence-corrected chi connectivity index (χ4v) is 2.69. The van der Waals surface area contributed by atoms with Crippen LogP contribution in [0.3, 0.4) is 0 Å². The minimum Gasteiger partial charge on any atom is -0.463 e. The van der Waals surface area contributed by atoms with Crippen LogP contribution in [-0.2, 0) is 15.7 Å². The van der Waals surface area contributed by atoms with Gasteiger partial charge in [0.05, 0.1) is 35.3 Å². The lowest BCUT2D eigenvalue weighted by Gasteiger charge is -2.28. The van der Waals surface area contributed by atoms with E-state index in [0.717, 1.165) is 12.1 Å². The molecule has 1 aromatic rings. The molecule has 1 heterocycles. The predicted octanol–water partition coefficient (Wildman–Crippen LogP) is 2.92. The molecule has 132 valence electrons. The van der Waals surface area contributed by atoms with Crippen molar-refractivity contribution in [3.63, 3.8) is 0 Å². The smallest absolute Gasteiger partial charge is 0.416 e. The minimum absolute atomic E-state index is 0.00420. The summed E-state index contributed by atoms with van der Waals surface area (Å²) >= 11 is 0. The van der Waals surface area contributed by atoms with Gasteiger partial charge in [-0.15, -0.1) is 0 Å². The molecule has 0 spiro atoms. The van der Waals surface area contributed by atoms with Gasteiger partial charge in [-0.25, -0.2) is 4.79 Å². The van der Waals surface area contributed by atoms with E-state index >= 15 is 0 Å². The normalized spacial score (nSPS) is 17.8. The molecule has 8 heteroatoms. The standard InChI is InChI=1S/C17H16F3N3O2/c1-3-25-16(24)13-9(2)23-15(22)12(8-21)14(13)10-5-4-6-11(7-10)17(18,19)20/h4-7,14,23H,3,22H2,1-2H3. The summed E-state index contributed by atoms with van der Waals surface area (Å²) in [5.74, 6) is -1.75. The fourth-order valence-electron chi connectivity index (χ4n) is 2.69. The van der Waals surface area contributed by atoms with E-state index < -0.39 is 23.6 Å². The van der Waals surface area contributed by atoms with Gasteiger partial charge in [0.15, 0.2) is 0 Å². The molecule has 1 atom stereocenters. The van der Waals surface area contributed by atoms with Gasteiger partial charge in [0.2, 0.25) is 0 Å². The Bertz CT molecular complexity index is 804. The molecule has 0 saturated carbocycles. The molecule has 2 rings (SSSR count). The van der Waals surface area contributed by atoms with Crippen molar-refractivity contribution < 1.29 is 22.7 Å². The second kappa shape index (κ2) is 6.89. The van der Waals surface area contributed by atoms with E-state index in [1.54, 1.807) is 13.8 Å². The Morgan fingerprint density at radius 1 is 1.44 bits per heavy atom. The Hall–Kier alpha value is -2.95. The Balaban J connectivity index is 2.65. The minimum atomic E-state index is -4.55. The number of allylic oxidation sites excluding steroid dienone is 2. The average molecular weight is 351 g/mol. The van der Waals surface area contributed by atoms with Crippen LogP contribution >= 0.6 is 0 Å². The molecule has 3 N–H and O–H groups in total. The fraction of sp³-hybridized carbons (Fsp3) is 0.294. The van der Waals surface area contributed by atoms with Crippen molar-refractivity contribution in [3.05, 3.63) is 58.1 Å². The van der Waals surface area contributed by atoms with Crippen molar-refractivity contribution in [2.45, 2.75) is 25.9 Å². The van der Waals surface area contributed by atoms with Gasteiger partial charge in [0.25, 0.3) is 0 Å². The second-order valence-electron chi connectivity index (χ2n) is 5.38. The lowest BCUT2D eigenvalue weighted by Crippen LogP contribution is -2.33. The van der Waals surface area contributed by atoms with Crippen molar-refractivity contribution in [1.29, 1.82) is 5.26 Å². The van der Waals surface area contributed by atoms with Crippen LogP contribution in [0.1, 0.15) is 30.9 Å². The molecule has 0 fully saturated rings. The number of halogens is 3. The third-order valence-corrected chi connectivity index (χ3v) is 3.76. The number of hydrogen-bond donors (Lipinski definition) is 2. The Kier molecular flexibility index (Phi) is 5.07. The zero-order chi connectivity index (χ0) is 18.8. The Morgan fingerprint density at radius 3 is 2.68 bits per heavy atom. The summed E-state index contributed by atoms with van der Waals surface area (Å²) in [5.41, 5.74) is 5.43. The van der Waals surface area contributed by atoms with Crippen LogP contribution in [0.4, 0.5) is 13.2 Å². The first kappa shape index (κ1) is 18.4. The quantitative estimate of drug-likeness (QED) is 0.818. The number of esters is 1. The molecular weight excluding hydrogens is 335 g/mol. The van der Waals surface area contributed by atoms with Crippen LogP contribution in [-0.4, -0.2) is 12.6 Å². The lowest BCUT2D eigenvalue weighted by atomic mass is 9.81. The molecule has 1 aromatic carbocycles. The summed E-state index contributed by atoms with van der Waals surface area (Å²) < 4.78 is 44.1. The first-order valence-electron chi connectivity index (χ1n) is 7.42. The average Bonchev–Trinajstić information content (AvgIpc) is 2.53. The summed E-state index contributed by atoms with van der Waals surface area (Å²) in [6.07, 6.45) is -4.55. The molecule has 0 saturated heterocycles. The number of rotatable bonds is 3. The van der Waals surface area contributed by atoms with Gasteiger partial charge in [-0.2, -0.15) is 18.4 Å². The van der Waals surface area contributed by atoms with Crippen LogP contribution in [0.5, 0.6) is 0 Å². The first-order chi connectivity index (χ1) is 11.7. The molecule has 0 aromatic heterocycles. The first-order valence-corrected chi connectivity index (χ1v) is 7.42. The molecule has 1 aliphatic rings. The van der Waals surface area contributed by atoms with Crippen LogP contribution in [0.15, 0.2) is 46.9 Å². The largest absolute Gasteiger partial charge is 0.463 e. The number of carbonyl (C=O) groups excluding carboxylic acids is 1. The van der Waals surface area contributed by atoms with Crippen molar-refractivity contribution in [1.82, 2.24) is 5.32 Å². The highest BCUT2D eigenvalue weighted by Gasteiger charge is 2.37. The summed E-state index contributed by atoms with van der Waals surface area (Å²) in [7, 11) is 0. The molecule has 25 heavy (non-hydrogen) atoms. The Labute approximate surface area is 142 Å². The summed E-state index contributed by atoms with van der Waals surface area (Å²) in [6.45, 7) is 3.25. The van der Waals surface area contributed by atoms with Gasteiger partial charge in [0.1, 0.15) is 5.82 Å². The Morgan fingerprint density at radius 2 is 2.12 bits per heavy atom. The zero-order valence-electron chi connectivity index (χ0n) is 13.6. The van der Waals surface area contributed by atoms with Crippen LogP contribution < -0.4 is 11.1 Å². The maximum Gasteiger partial charge on any atom is 0.416 e. The van der Waals surface area contributed by atoms with E-state index in [1.807, 2.05) is 6.07 Å². The highest BCUT2D eigenvalue weighted by Crippen LogP contribution is 2.39. The molecule has 1 unspecified atom stereocenters. The van der Waals surface area contributed by atoms with Crippen molar-refractivity contribution >= 4 is 5.97 Å². The summed E-state index contributed by atoms with van der Waals surface area (Å²) in [6, 6.07) is 6.35. The number of carbonyl (C=O) groups is 1. The number of ether oxygens (including phenoxy) is 1. The number of nitriles is 1. The molecule has 0 amide bonds. The van der Waals surface area contributed by atoms with Crippen LogP contribution in [0, 0.1) is 11.3 Å². The highest BCUT2D eigenvalue weighted by molar-refractivity contribution is 5.93. The number of nitrogens with zero attached hydrogens (tertiary/aromatic N) is 1. The molecule has 0 radical (unpaired) electrons. The third kappa shape index (κ3) is 3.60. The van der Waals surface area contributed by atoms with Crippen molar-refractivity contribution in [2.24, 2.45) is 5.73 Å². The van der Waals surface area contributed by atoms with Crippen molar-refractivity contribution in [3.8, 4) is 6.07 Å². The van der Waals surface area contributed by atoms with Crippen molar-refractivity contribution in [2.75, 3.05) is 6.61 Å². The second-order valence-corrected chi connectivity index (χ2v) is 5.38. The number of nitrogens with one attached hydrogen (secondary N) is 1. The van der Waals surface area contributed by atoms with E-state index in [0.29, 0.717) is 5.70 Å². The summed E-state index contributed by atoms with van der Waals surface area (Å²) in [5, 5.41) is 12.1. The number of dihydropyridines is 1. The van der Waals surface area contributed by atoms with E-state index in [-0.39, 0.29) is 29.1 Å². The molecule has 5 nitrogen and oxygen atoms in total. The monoisotopic (exact) mass is 351 g/mol. The van der Waals surface area contributed by atoms with E-state index in [2.05, 4.69) is 5.32 Å². The van der Waals surface area contributed by atoms with Gasteiger partial charge in [-0.05, 0) is 25.5 Å². The number of hydrogen-bond acceptors (Lipinski definition) is 5. The number of alkyl halides is 3. The SMILES string of the molecule is CCOC(=O)C1=C(C)NC(N)=C(C#N)C1c1cccc(C(F)(F)F)c1. The topological polar surface area (TPSA) is 88.1 Å². The maximum absolute atomic E-state index is 13.0. The van der Waals surface area contributed by atoms with Crippen LogP contribution in [0.25, 0.3) is 0 Å². The highest BCUT2D eigenvalue weighted by atomic mass is 19.4. The summed E-state index contributed by atoms with van der Waals surface area (Å²) in [4.78, 5) is 12.3. The molecule has 1 aliphatic heterocycles. The van der Waals surface area contributed by atoms with Gasteiger partial charge in [-0.1, -0.05) is 18.2 Å². The maximum atomic E-state index is 13.0. The number of nitrogens with two attached hydrogens (primary N) is 1.